The molecule has 1 heterocycles. The first kappa shape index (κ1) is 51.5. The normalized spacial score (nSPS) is 12.5. The van der Waals surface area contributed by atoms with Gasteiger partial charge in [0.05, 0.1) is 57.1 Å². The molecule has 0 atom stereocenters. The number of pyridine rings is 1. The quantitative estimate of drug-likeness (QED) is 0.0644. The second-order valence-electron chi connectivity index (χ2n) is 14.3. The molecule has 0 radical (unpaired) electrons. The zero-order chi connectivity index (χ0) is 44.6. The summed E-state index contributed by atoms with van der Waals surface area (Å²) in [6, 6.07) is 70.8. The van der Waals surface area contributed by atoms with Crippen molar-refractivity contribution in [2.45, 2.75) is 33.9 Å². The number of nitrogens with zero attached hydrogens (tertiary/aromatic N) is 3. The minimum atomic E-state index is -10.7. The Balaban J connectivity index is 0.000000503. The fourth-order valence-corrected chi connectivity index (χ4v) is 15.7. The third-order valence-corrected chi connectivity index (χ3v) is 20.4. The molecule has 0 saturated carbocycles. The van der Waals surface area contributed by atoms with E-state index in [1.54, 1.807) is 0 Å². The van der Waals surface area contributed by atoms with Gasteiger partial charge in [0.25, 0.3) is 0 Å². The van der Waals surface area contributed by atoms with E-state index in [9.17, 15) is 25.2 Å². The number of halogens is 6. The zero-order valence-corrected chi connectivity index (χ0v) is 40.0. The van der Waals surface area contributed by atoms with E-state index in [0.717, 1.165) is 11.4 Å². The molecule has 0 spiro atoms. The van der Waals surface area contributed by atoms with Gasteiger partial charge in [-0.1, -0.05) is 188 Å². The summed E-state index contributed by atoms with van der Waals surface area (Å²) >= 11 is 0. The molecule has 14 heteroatoms. The predicted molar refractivity (Wildman–Crippen MR) is 260 cm³/mol. The summed E-state index contributed by atoms with van der Waals surface area (Å²) in [7, 11) is -15.2. The molecule has 6 aromatic carbocycles. The van der Waals surface area contributed by atoms with Crippen molar-refractivity contribution in [1.29, 1.82) is 0 Å². The Morgan fingerprint density at radius 2 is 0.587 bits per heavy atom. The maximum Gasteiger partial charge on any atom is 1.00 e. The molecule has 0 saturated heterocycles. The molecule has 0 N–H and O–H groups in total. The van der Waals surface area contributed by atoms with E-state index in [4.69, 9.17) is 14.5 Å². The Morgan fingerprint density at radius 3 is 0.762 bits per heavy atom. The first-order chi connectivity index (χ1) is 29.6. The first-order valence-corrected chi connectivity index (χ1v) is 28.1. The van der Waals surface area contributed by atoms with Gasteiger partial charge in [0.15, 0.2) is 0 Å². The van der Waals surface area contributed by atoms with Crippen LogP contribution in [0, 0.1) is 0 Å². The van der Waals surface area contributed by atoms with Gasteiger partial charge in [-0.15, -0.1) is 0 Å². The zero-order valence-electron chi connectivity index (χ0n) is 35.3. The van der Waals surface area contributed by atoms with E-state index >= 15 is 0 Å². The smallest absolute Gasteiger partial charge is 0.283 e. The van der Waals surface area contributed by atoms with Gasteiger partial charge >= 0.3 is 50.1 Å². The van der Waals surface area contributed by atoms with Crippen molar-refractivity contribution in [1.82, 2.24) is 4.98 Å². The van der Waals surface area contributed by atoms with Crippen molar-refractivity contribution >= 4 is 61.7 Å². The van der Waals surface area contributed by atoms with E-state index in [0.29, 0.717) is 13.1 Å². The average Bonchev–Trinajstić information content (AvgIpc) is 3.29. The van der Waals surface area contributed by atoms with Gasteiger partial charge in [0.1, 0.15) is 0 Å². The van der Waals surface area contributed by atoms with Crippen molar-refractivity contribution in [2.24, 2.45) is 9.49 Å². The van der Waals surface area contributed by atoms with E-state index in [1.165, 1.54) is 50.3 Å². The van der Waals surface area contributed by atoms with Gasteiger partial charge in [-0.25, -0.2) is 0 Å². The monoisotopic (exact) mass is 984 g/mol. The van der Waals surface area contributed by atoms with Gasteiger partial charge < -0.3 is 0 Å². The van der Waals surface area contributed by atoms with Crippen LogP contribution in [0.5, 0.6) is 0 Å². The van der Waals surface area contributed by atoms with Crippen LogP contribution in [0.4, 0.5) is 25.2 Å². The second kappa shape index (κ2) is 22.7. The second-order valence-corrected chi connectivity index (χ2v) is 26.0. The molecule has 0 amide bonds. The minimum Gasteiger partial charge on any atom is -0.283 e. The molecule has 336 valence electrons. The van der Waals surface area contributed by atoms with E-state index in [-0.39, 0.29) is 25.0 Å². The molecular formula is C49H53CuF6N3P4+. The maximum atomic E-state index is 9.87. The Kier molecular flexibility index (Phi) is 18.5. The number of benzene rings is 6. The van der Waals surface area contributed by atoms with E-state index in [1.807, 2.05) is 0 Å². The third kappa shape index (κ3) is 15.5. The van der Waals surface area contributed by atoms with Crippen LogP contribution in [0.1, 0.15) is 32.2 Å². The molecular weight excluding hydrogens is 932 g/mol. The van der Waals surface area contributed by atoms with Crippen molar-refractivity contribution < 1.29 is 42.3 Å². The van der Waals surface area contributed by atoms with Crippen molar-refractivity contribution in [3.05, 3.63) is 212 Å². The predicted octanol–water partition coefficient (Wildman–Crippen LogP) is 14.1. The number of hydrogen-bond acceptors (Lipinski definition) is 3. The molecule has 1 aromatic heterocycles. The Morgan fingerprint density at radius 1 is 0.381 bits per heavy atom. The maximum absolute atomic E-state index is 10.7. The molecule has 0 unspecified atom stereocenters. The summed E-state index contributed by atoms with van der Waals surface area (Å²) in [5, 5.41) is 7.40. The minimum absolute atomic E-state index is 0. The summed E-state index contributed by atoms with van der Waals surface area (Å²) in [6.07, 6.45) is 4.37. The number of hydrogen-bond donors (Lipinski definition) is 0. The summed E-state index contributed by atoms with van der Waals surface area (Å²) in [4.78, 5) is 5.19. The van der Waals surface area contributed by atoms with Crippen LogP contribution in [0.15, 0.2) is 210 Å². The Hall–Kier alpha value is -4.11. The van der Waals surface area contributed by atoms with Gasteiger partial charge in [0.2, 0.25) is 0 Å². The fraction of sp³-hybridized carbons (Fsp3) is 0.163. The Labute approximate surface area is 380 Å². The van der Waals surface area contributed by atoms with Crippen LogP contribution in [0.2, 0.25) is 0 Å². The van der Waals surface area contributed by atoms with Gasteiger partial charge in [0, 0.05) is 31.8 Å². The fourth-order valence-electron chi connectivity index (χ4n) is 7.06. The van der Waals surface area contributed by atoms with Gasteiger partial charge in [-0.2, -0.15) is 0 Å². The molecule has 0 aliphatic carbocycles. The largest absolute Gasteiger partial charge is 1.00 e. The van der Waals surface area contributed by atoms with E-state index < -0.39 is 21.9 Å². The molecule has 7 aromatic rings. The Bertz CT molecular complexity index is 2160. The van der Waals surface area contributed by atoms with E-state index in [2.05, 4.69) is 221 Å². The molecule has 63 heavy (non-hydrogen) atoms. The van der Waals surface area contributed by atoms with Crippen molar-refractivity contribution in [2.75, 3.05) is 18.5 Å². The SMILES string of the molecule is CC[PH+](CC)CC.F[P-](F)(F)(F)(F)F.[Cu+].c1ccc(P(=NCc2cccc(CN=P(c3ccccc3)(c3ccccc3)c3ccccc3)n2)(c2ccccc2)c2ccccc2)cc1. The van der Waals surface area contributed by atoms with Crippen LogP contribution >= 0.6 is 29.8 Å². The number of aromatic nitrogens is 1. The molecule has 0 bridgehead atoms. The topological polar surface area (TPSA) is 37.6 Å². The van der Waals surface area contributed by atoms with Crippen LogP contribution < -0.4 is 31.8 Å². The van der Waals surface area contributed by atoms with Gasteiger partial charge in [-0.3, -0.25) is 14.5 Å². The molecule has 7 rings (SSSR count). The van der Waals surface area contributed by atoms with Crippen LogP contribution in [0.3, 0.4) is 0 Å². The van der Waals surface area contributed by atoms with Gasteiger partial charge in [-0.05, 0) is 40.8 Å². The summed E-state index contributed by atoms with van der Waals surface area (Å²) in [6.45, 7) is 7.91. The average molecular weight is 985 g/mol. The first-order valence-electron chi connectivity index (χ1n) is 20.4. The summed E-state index contributed by atoms with van der Waals surface area (Å²) in [5.41, 5.74) is 1.89. The van der Waals surface area contributed by atoms with Crippen molar-refractivity contribution in [3.63, 3.8) is 0 Å². The van der Waals surface area contributed by atoms with Crippen LogP contribution in [-0.4, -0.2) is 23.5 Å². The standard InChI is InChI=1S/C43H37N3P2.C6H15P.Cu.F6P/c1-7-22-38(23-8-1)47(39-24-9-2-10-25-39,40-26-11-3-12-27-40)44-34-36-20-19-21-37(46-36)35-45-48(41-28-13-4-14-29-41,42-30-15-5-16-31-42)43-32-17-6-18-33-43;1-4-7(5-2)6-3;;1-7(2,3,4,5)6/h1-33H,34-35H2;4-6H2,1-3H3;;/q;;+1;-1/p+1. The molecule has 0 aliphatic heterocycles. The number of rotatable bonds is 13. The van der Waals surface area contributed by atoms with Crippen LogP contribution in [-0.2, 0) is 30.2 Å². The molecule has 0 aliphatic rings. The van der Waals surface area contributed by atoms with Crippen LogP contribution in [0.25, 0.3) is 0 Å². The molecule has 3 nitrogen and oxygen atoms in total. The summed E-state index contributed by atoms with van der Waals surface area (Å²) < 4.78 is 70.5. The summed E-state index contributed by atoms with van der Waals surface area (Å²) in [5.74, 6) is 0. The molecule has 0 fully saturated rings. The third-order valence-electron chi connectivity index (χ3n) is 10.0. The van der Waals surface area contributed by atoms with Crippen molar-refractivity contribution in [3.8, 4) is 0 Å².